The fraction of sp³-hybridized carbons (Fsp3) is 0.455. The average molecular weight is 824 g/mol. The lowest BCUT2D eigenvalue weighted by atomic mass is 9.49. The van der Waals surface area contributed by atoms with Crippen molar-refractivity contribution in [3.05, 3.63) is 87.7 Å². The predicted molar refractivity (Wildman–Crippen MR) is 218 cm³/mol. The zero-order valence-corrected chi connectivity index (χ0v) is 34.3. The predicted octanol–water partition coefficient (Wildman–Crippen LogP) is 5.01. The zero-order valence-electron chi connectivity index (χ0n) is 33.5. The first kappa shape index (κ1) is 40.3. The molecule has 2 atom stereocenters. The summed E-state index contributed by atoms with van der Waals surface area (Å²) >= 11 is 6.25. The molecule has 0 spiro atoms. The van der Waals surface area contributed by atoms with Crippen molar-refractivity contribution < 1.29 is 33.1 Å². The fourth-order valence-electron chi connectivity index (χ4n) is 10.1. The molecular formula is C44H47ClFN7O6. The Hall–Kier alpha value is -5.52. The van der Waals surface area contributed by atoms with E-state index < -0.39 is 35.5 Å². The highest BCUT2D eigenvalue weighted by Crippen LogP contribution is 2.55. The van der Waals surface area contributed by atoms with Crippen LogP contribution in [0.1, 0.15) is 83.6 Å². The third kappa shape index (κ3) is 7.29. The van der Waals surface area contributed by atoms with Gasteiger partial charge < -0.3 is 19.9 Å². The van der Waals surface area contributed by atoms with E-state index in [1.807, 2.05) is 29.2 Å². The van der Waals surface area contributed by atoms with E-state index in [4.69, 9.17) is 16.3 Å². The number of anilines is 2. The number of ether oxygens (including phenoxy) is 1. The summed E-state index contributed by atoms with van der Waals surface area (Å²) < 4.78 is 21.8. The van der Waals surface area contributed by atoms with Gasteiger partial charge in [-0.3, -0.25) is 39.1 Å². The van der Waals surface area contributed by atoms with Crippen LogP contribution in [-0.4, -0.2) is 103 Å². The van der Waals surface area contributed by atoms with Crippen molar-refractivity contribution in [3.63, 3.8) is 0 Å². The molecule has 8 rings (SSSR count). The first-order chi connectivity index (χ1) is 28.1. The molecule has 0 bridgehead atoms. The molecule has 4 fully saturated rings. The van der Waals surface area contributed by atoms with Gasteiger partial charge in [-0.15, -0.1) is 0 Å². The lowest BCUT2D eigenvalue weighted by molar-refractivity contribution is -0.164. The van der Waals surface area contributed by atoms with Gasteiger partial charge in [-0.2, -0.15) is 5.26 Å². The number of hydrogen-bond donors (Lipinski definition) is 2. The van der Waals surface area contributed by atoms with Crippen LogP contribution in [0.5, 0.6) is 5.75 Å². The Labute approximate surface area is 347 Å². The Balaban J connectivity index is 0.819. The quantitative estimate of drug-likeness (QED) is 0.282. The van der Waals surface area contributed by atoms with Crippen LogP contribution in [0.15, 0.2) is 54.6 Å². The molecule has 0 radical (unpaired) electrons. The minimum absolute atomic E-state index is 0.0120. The summed E-state index contributed by atoms with van der Waals surface area (Å²) in [5.41, 5.74) is 1.53. The average Bonchev–Trinajstić information content (AvgIpc) is 3.77. The molecule has 0 aromatic heterocycles. The van der Waals surface area contributed by atoms with Crippen LogP contribution in [-0.2, 0) is 9.59 Å². The number of rotatable bonds is 9. The minimum atomic E-state index is -1.11. The van der Waals surface area contributed by atoms with Crippen molar-refractivity contribution in [2.24, 2.45) is 16.7 Å². The van der Waals surface area contributed by atoms with Gasteiger partial charge in [0.2, 0.25) is 11.8 Å². The molecule has 3 aromatic rings. The Kier molecular flexibility index (Phi) is 10.4. The molecule has 4 aliphatic heterocycles. The number of piperazine rings is 1. The summed E-state index contributed by atoms with van der Waals surface area (Å²) in [5, 5.41) is 15.0. The summed E-state index contributed by atoms with van der Waals surface area (Å²) in [6, 6.07) is 16.1. The largest absolute Gasteiger partial charge is 0.489 e. The van der Waals surface area contributed by atoms with Crippen molar-refractivity contribution in [1.29, 1.82) is 5.26 Å². The molecule has 4 heterocycles. The van der Waals surface area contributed by atoms with Crippen molar-refractivity contribution in [1.82, 2.24) is 20.4 Å². The molecule has 3 saturated heterocycles. The smallest absolute Gasteiger partial charge is 0.262 e. The van der Waals surface area contributed by atoms with Gasteiger partial charge in [0.25, 0.3) is 17.7 Å². The molecule has 1 unspecified atom stereocenters. The van der Waals surface area contributed by atoms with E-state index in [9.17, 15) is 29.2 Å². The van der Waals surface area contributed by atoms with E-state index in [1.165, 1.54) is 6.07 Å². The van der Waals surface area contributed by atoms with Crippen LogP contribution in [0.3, 0.4) is 0 Å². The Morgan fingerprint density at radius 3 is 2.24 bits per heavy atom. The summed E-state index contributed by atoms with van der Waals surface area (Å²) in [4.78, 5) is 71.5. The number of nitriles is 1. The Morgan fingerprint density at radius 1 is 0.915 bits per heavy atom. The maximum atomic E-state index is 15.5. The molecule has 5 amide bonds. The number of hydrogen-bond acceptors (Lipinski definition) is 10. The van der Waals surface area contributed by atoms with Crippen molar-refractivity contribution >= 4 is 52.5 Å². The number of carbonyl (C=O) groups excluding carboxylic acids is 5. The number of halogens is 2. The molecular weight excluding hydrogens is 777 g/mol. The van der Waals surface area contributed by atoms with Gasteiger partial charge in [0.05, 0.1) is 27.4 Å². The van der Waals surface area contributed by atoms with Crippen LogP contribution in [0.25, 0.3) is 0 Å². The van der Waals surface area contributed by atoms with Crippen LogP contribution in [0.2, 0.25) is 5.02 Å². The standard InChI is InChI=1S/C44H47ClFN7O6/c1-43(2)41(44(3,4)42(43)59-29-10-7-27(22-47)32(45)19-29)49-37(55)26-5-8-28(9-6-26)52-14-13-25(24-52)23-50-15-17-51(18-16-50)35-21-31-30(20-33(35)46)39(57)53(40(31)58)34-11-12-36(54)48-38(34)56/h5-10,19-21,25,34,41-42H,11-18,23-24H2,1-4H3,(H,49,55)(H,48,54,56)/t25-,34?,41?,42?/m1/s1. The van der Waals surface area contributed by atoms with E-state index >= 15 is 4.39 Å². The number of carbonyl (C=O) groups is 5. The second kappa shape index (κ2) is 15.3. The van der Waals surface area contributed by atoms with E-state index in [2.05, 4.69) is 54.2 Å². The third-order valence-electron chi connectivity index (χ3n) is 12.9. The minimum Gasteiger partial charge on any atom is -0.489 e. The second-order valence-corrected chi connectivity index (χ2v) is 17.9. The molecule has 59 heavy (non-hydrogen) atoms. The molecule has 5 aliphatic rings. The molecule has 2 N–H and O–H groups in total. The van der Waals surface area contributed by atoms with Gasteiger partial charge in [0, 0.05) is 86.4 Å². The van der Waals surface area contributed by atoms with Crippen LogP contribution in [0, 0.1) is 33.9 Å². The van der Waals surface area contributed by atoms with Crippen LogP contribution < -0.4 is 25.2 Å². The summed E-state index contributed by atoms with van der Waals surface area (Å²) in [6.07, 6.45) is 0.867. The number of nitrogens with zero attached hydrogens (tertiary/aromatic N) is 5. The highest BCUT2D eigenvalue weighted by molar-refractivity contribution is 6.31. The van der Waals surface area contributed by atoms with Gasteiger partial charge in [0.15, 0.2) is 0 Å². The number of piperidine rings is 1. The lowest BCUT2D eigenvalue weighted by Crippen LogP contribution is -2.74. The van der Waals surface area contributed by atoms with Crippen molar-refractivity contribution in [2.75, 3.05) is 55.6 Å². The first-order valence-electron chi connectivity index (χ1n) is 20.1. The Morgan fingerprint density at radius 2 is 1.59 bits per heavy atom. The monoisotopic (exact) mass is 823 g/mol. The van der Waals surface area contributed by atoms with Gasteiger partial charge in [0.1, 0.15) is 29.8 Å². The van der Waals surface area contributed by atoms with Gasteiger partial charge >= 0.3 is 0 Å². The molecule has 308 valence electrons. The maximum Gasteiger partial charge on any atom is 0.262 e. The summed E-state index contributed by atoms with van der Waals surface area (Å²) in [7, 11) is 0. The molecule has 1 aliphatic carbocycles. The topological polar surface area (TPSA) is 155 Å². The van der Waals surface area contributed by atoms with Crippen molar-refractivity contribution in [3.8, 4) is 11.8 Å². The highest BCUT2D eigenvalue weighted by Gasteiger charge is 2.64. The SMILES string of the molecule is CC1(C)C(NC(=O)c2ccc(N3CC[C@H](CN4CCN(c5cc6c(cc5F)C(=O)N(C5CCC(=O)NC5=O)C6=O)CC4)C3)cc2)C(C)(C)C1Oc1ccc(C#N)c(Cl)c1. The second-order valence-electron chi connectivity index (χ2n) is 17.5. The highest BCUT2D eigenvalue weighted by atomic mass is 35.5. The molecule has 3 aromatic carbocycles. The normalized spacial score (nSPS) is 25.0. The molecule has 13 nitrogen and oxygen atoms in total. The maximum absolute atomic E-state index is 15.5. The van der Waals surface area contributed by atoms with Gasteiger partial charge in [-0.05, 0) is 67.3 Å². The fourth-order valence-corrected chi connectivity index (χ4v) is 10.3. The Bertz CT molecular complexity index is 2270. The molecule has 15 heteroatoms. The third-order valence-corrected chi connectivity index (χ3v) is 13.3. The van der Waals surface area contributed by atoms with E-state index in [0.717, 1.165) is 42.7 Å². The number of benzene rings is 3. The number of fused-ring (bicyclic) bond motifs is 1. The lowest BCUT2D eigenvalue weighted by Gasteiger charge is -2.63. The van der Waals surface area contributed by atoms with E-state index in [0.29, 0.717) is 54.0 Å². The summed E-state index contributed by atoms with van der Waals surface area (Å²) in [6.45, 7) is 13.5. The van der Waals surface area contributed by atoms with E-state index in [1.54, 1.807) is 18.2 Å². The van der Waals surface area contributed by atoms with Gasteiger partial charge in [-0.1, -0.05) is 39.3 Å². The van der Waals surface area contributed by atoms with Crippen molar-refractivity contribution in [2.45, 2.75) is 65.1 Å². The van der Waals surface area contributed by atoms with E-state index in [-0.39, 0.29) is 58.5 Å². The van der Waals surface area contributed by atoms with Gasteiger partial charge in [-0.25, -0.2) is 4.39 Å². The molecule has 1 saturated carbocycles. The zero-order chi connectivity index (χ0) is 42.0. The number of imide groups is 2. The number of nitrogens with one attached hydrogen (secondary N) is 2. The number of amides is 5. The van der Waals surface area contributed by atoms with Crippen LogP contribution >= 0.6 is 11.6 Å². The first-order valence-corrected chi connectivity index (χ1v) is 20.5. The van der Waals surface area contributed by atoms with Crippen LogP contribution in [0.4, 0.5) is 15.8 Å². The summed E-state index contributed by atoms with van der Waals surface area (Å²) in [5.74, 6) is -2.27.